The standard InChI is InChI=1S/C31H28ClN9O4S/c1-17-11-22(18(2)35-24-9-10-26(32)36-28(24)29(42)38-46(4,44)45)27-23(12-17)30(43)39(3)31(37-27)40-15-20-14-34-41(25(20)16-40)21-7-5-19(13-33)6-8-21/h5-12,14,18,35H,15-16H2,1-4H3,(H,38,42)/t18-/m1/s1. The van der Waals surface area contributed by atoms with Crippen molar-refractivity contribution in [1.29, 1.82) is 5.26 Å². The molecule has 0 saturated carbocycles. The molecule has 4 heterocycles. The fraction of sp³-hybridized carbons (Fsp3) is 0.226. The van der Waals surface area contributed by atoms with E-state index in [1.54, 1.807) is 31.4 Å². The van der Waals surface area contributed by atoms with Crippen LogP contribution >= 0.6 is 11.6 Å². The summed E-state index contributed by atoms with van der Waals surface area (Å²) in [4.78, 5) is 37.6. The third-order valence-electron chi connectivity index (χ3n) is 7.70. The summed E-state index contributed by atoms with van der Waals surface area (Å²) in [5.41, 5.74) is 5.17. The molecule has 0 spiro atoms. The van der Waals surface area contributed by atoms with Crippen LogP contribution in [0.2, 0.25) is 5.15 Å². The average molecular weight is 658 g/mol. The van der Waals surface area contributed by atoms with Crippen LogP contribution < -0.4 is 20.5 Å². The van der Waals surface area contributed by atoms with E-state index >= 15 is 0 Å². The fourth-order valence-corrected chi connectivity index (χ4v) is 6.18. The number of nitrogens with one attached hydrogen (secondary N) is 2. The summed E-state index contributed by atoms with van der Waals surface area (Å²) < 4.78 is 28.8. The van der Waals surface area contributed by atoms with Crippen LogP contribution in [-0.2, 0) is 30.2 Å². The first kappa shape index (κ1) is 30.8. The van der Waals surface area contributed by atoms with Gasteiger partial charge in [-0.2, -0.15) is 10.4 Å². The van der Waals surface area contributed by atoms with Gasteiger partial charge in [-0.15, -0.1) is 0 Å². The van der Waals surface area contributed by atoms with Gasteiger partial charge in [0.05, 0.1) is 64.6 Å². The zero-order valence-corrected chi connectivity index (χ0v) is 26.8. The number of benzene rings is 2. The number of rotatable bonds is 7. The molecule has 2 aromatic carbocycles. The first-order valence-corrected chi connectivity index (χ1v) is 16.4. The highest BCUT2D eigenvalue weighted by Crippen LogP contribution is 2.32. The Bertz CT molecular complexity index is 2260. The molecule has 5 aromatic rings. The van der Waals surface area contributed by atoms with E-state index in [9.17, 15) is 18.0 Å². The maximum atomic E-state index is 13.8. The number of nitriles is 1. The molecule has 1 atom stereocenters. The maximum absolute atomic E-state index is 13.8. The lowest BCUT2D eigenvalue weighted by molar-refractivity contribution is 0.0977. The molecule has 15 heteroatoms. The second-order valence-corrected chi connectivity index (χ2v) is 13.3. The molecule has 46 heavy (non-hydrogen) atoms. The molecule has 1 aliphatic rings. The van der Waals surface area contributed by atoms with Gasteiger partial charge in [-0.05, 0) is 61.9 Å². The smallest absolute Gasteiger partial charge is 0.285 e. The molecule has 13 nitrogen and oxygen atoms in total. The third kappa shape index (κ3) is 5.78. The van der Waals surface area contributed by atoms with E-state index in [1.165, 1.54) is 16.7 Å². The van der Waals surface area contributed by atoms with Crippen LogP contribution in [0.4, 0.5) is 11.6 Å². The summed E-state index contributed by atoms with van der Waals surface area (Å²) in [6.45, 7) is 4.66. The van der Waals surface area contributed by atoms with Gasteiger partial charge in [0.25, 0.3) is 11.5 Å². The van der Waals surface area contributed by atoms with Crippen molar-refractivity contribution in [2.24, 2.45) is 7.05 Å². The zero-order valence-electron chi connectivity index (χ0n) is 25.2. The minimum absolute atomic E-state index is 0.0153. The lowest BCUT2D eigenvalue weighted by atomic mass is 10.0. The Labute approximate surface area is 269 Å². The minimum atomic E-state index is -3.85. The number of nitrogens with zero attached hydrogens (tertiary/aromatic N) is 7. The number of hydrogen-bond donors (Lipinski definition) is 2. The highest BCUT2D eigenvalue weighted by molar-refractivity contribution is 7.89. The molecule has 0 unspecified atom stereocenters. The van der Waals surface area contributed by atoms with Crippen molar-refractivity contribution in [2.45, 2.75) is 33.0 Å². The second kappa shape index (κ2) is 11.6. The van der Waals surface area contributed by atoms with Gasteiger partial charge in [-0.25, -0.2) is 27.8 Å². The van der Waals surface area contributed by atoms with Crippen molar-refractivity contribution in [2.75, 3.05) is 16.5 Å². The van der Waals surface area contributed by atoms with Crippen molar-refractivity contribution in [3.8, 4) is 11.8 Å². The van der Waals surface area contributed by atoms with Crippen molar-refractivity contribution >= 4 is 50.1 Å². The van der Waals surface area contributed by atoms with Crippen LogP contribution in [0.25, 0.3) is 16.6 Å². The Morgan fingerprint density at radius 1 is 1.11 bits per heavy atom. The van der Waals surface area contributed by atoms with Crippen LogP contribution in [0.1, 0.15) is 51.4 Å². The van der Waals surface area contributed by atoms with E-state index in [1.807, 2.05) is 46.4 Å². The number of amides is 1. The SMILES string of the molecule is Cc1cc([C@@H](C)Nc2ccc(Cl)nc2C(=O)NS(C)(=O)=O)c2nc(N3Cc4cnn(-c5ccc(C#N)cc5)c4C3)n(C)c(=O)c2c1. The van der Waals surface area contributed by atoms with Crippen molar-refractivity contribution < 1.29 is 13.2 Å². The first-order valence-electron chi connectivity index (χ1n) is 14.1. The summed E-state index contributed by atoms with van der Waals surface area (Å²) in [6, 6.07) is 15.5. The number of carbonyl (C=O) groups excluding carboxylic acids is 1. The van der Waals surface area contributed by atoms with Crippen LogP contribution in [0.3, 0.4) is 0 Å². The number of aromatic nitrogens is 5. The molecule has 3 aromatic heterocycles. The molecule has 0 radical (unpaired) electrons. The number of anilines is 2. The van der Waals surface area contributed by atoms with Gasteiger partial charge in [0, 0.05) is 24.7 Å². The van der Waals surface area contributed by atoms with E-state index in [0.29, 0.717) is 41.1 Å². The number of sulfonamides is 1. The van der Waals surface area contributed by atoms with Gasteiger partial charge in [0.15, 0.2) is 5.69 Å². The van der Waals surface area contributed by atoms with Crippen molar-refractivity contribution in [3.63, 3.8) is 0 Å². The largest absolute Gasteiger partial charge is 0.377 e. The molecular weight excluding hydrogens is 630 g/mol. The van der Waals surface area contributed by atoms with Crippen LogP contribution in [-0.4, -0.2) is 44.9 Å². The third-order valence-corrected chi connectivity index (χ3v) is 8.47. The molecule has 6 rings (SSSR count). The Morgan fingerprint density at radius 2 is 1.85 bits per heavy atom. The molecular formula is C31H28ClN9O4S. The number of hydrogen-bond acceptors (Lipinski definition) is 10. The van der Waals surface area contributed by atoms with E-state index in [-0.39, 0.29) is 22.1 Å². The highest BCUT2D eigenvalue weighted by Gasteiger charge is 2.28. The van der Waals surface area contributed by atoms with Crippen molar-refractivity contribution in [3.05, 3.63) is 104 Å². The van der Waals surface area contributed by atoms with Gasteiger partial charge >= 0.3 is 0 Å². The van der Waals surface area contributed by atoms with Crippen LogP contribution in [0, 0.1) is 18.3 Å². The molecule has 2 N–H and O–H groups in total. The van der Waals surface area contributed by atoms with Gasteiger partial charge in [-0.1, -0.05) is 17.7 Å². The predicted molar refractivity (Wildman–Crippen MR) is 173 cm³/mol. The summed E-state index contributed by atoms with van der Waals surface area (Å²) >= 11 is 6.04. The van der Waals surface area contributed by atoms with Crippen LogP contribution in [0.15, 0.2) is 59.5 Å². The highest BCUT2D eigenvalue weighted by atomic mass is 35.5. The Hall–Kier alpha value is -5.26. The van der Waals surface area contributed by atoms with Gasteiger partial charge in [0.2, 0.25) is 16.0 Å². The molecule has 1 amide bonds. The maximum Gasteiger partial charge on any atom is 0.285 e. The number of fused-ring (bicyclic) bond motifs is 2. The molecule has 1 aliphatic heterocycles. The van der Waals surface area contributed by atoms with E-state index in [4.69, 9.17) is 21.8 Å². The predicted octanol–water partition coefficient (Wildman–Crippen LogP) is 3.73. The van der Waals surface area contributed by atoms with E-state index < -0.39 is 22.0 Å². The summed E-state index contributed by atoms with van der Waals surface area (Å²) in [5, 5.41) is 17.4. The quantitative estimate of drug-likeness (QED) is 0.246. The lowest BCUT2D eigenvalue weighted by Gasteiger charge is -2.23. The lowest BCUT2D eigenvalue weighted by Crippen LogP contribution is -2.31. The normalized spacial score (nSPS) is 13.3. The second-order valence-electron chi connectivity index (χ2n) is 11.2. The summed E-state index contributed by atoms with van der Waals surface area (Å²) in [5.74, 6) is -0.463. The molecule has 0 aliphatic carbocycles. The number of halogens is 1. The van der Waals surface area contributed by atoms with Gasteiger partial charge in [0.1, 0.15) is 5.15 Å². The Morgan fingerprint density at radius 3 is 2.54 bits per heavy atom. The van der Waals surface area contributed by atoms with Gasteiger partial charge < -0.3 is 10.2 Å². The summed E-state index contributed by atoms with van der Waals surface area (Å²) in [7, 11) is -2.16. The zero-order chi connectivity index (χ0) is 32.9. The van der Waals surface area contributed by atoms with Crippen LogP contribution in [0.5, 0.6) is 0 Å². The van der Waals surface area contributed by atoms with E-state index in [2.05, 4.69) is 21.5 Å². The van der Waals surface area contributed by atoms with Crippen molar-refractivity contribution in [1.82, 2.24) is 29.0 Å². The molecule has 0 fully saturated rings. The number of aryl methyl sites for hydroxylation is 1. The van der Waals surface area contributed by atoms with Gasteiger partial charge in [-0.3, -0.25) is 14.2 Å². The molecule has 234 valence electrons. The average Bonchev–Trinajstić information content (AvgIpc) is 3.60. The molecule has 0 bridgehead atoms. The molecule has 0 saturated heterocycles. The Kier molecular flexibility index (Phi) is 7.75. The Balaban J connectivity index is 1.37. The van der Waals surface area contributed by atoms with E-state index in [0.717, 1.165) is 28.8 Å². The summed E-state index contributed by atoms with van der Waals surface area (Å²) in [6.07, 6.45) is 2.67. The number of carbonyl (C=O) groups is 1. The minimum Gasteiger partial charge on any atom is -0.377 e. The monoisotopic (exact) mass is 657 g/mol. The first-order chi connectivity index (χ1) is 21.8. The number of pyridine rings is 1. The fourth-order valence-electron chi connectivity index (χ4n) is 5.60. The topological polar surface area (TPSA) is 168 Å².